The summed E-state index contributed by atoms with van der Waals surface area (Å²) < 4.78 is 1.15. The van der Waals surface area contributed by atoms with Crippen LogP contribution in [0.2, 0.25) is 0 Å². The van der Waals surface area contributed by atoms with Gasteiger partial charge in [-0.3, -0.25) is 0 Å². The fourth-order valence-corrected chi connectivity index (χ4v) is 4.68. The molecule has 0 radical (unpaired) electrons. The van der Waals surface area contributed by atoms with E-state index in [1.54, 1.807) is 0 Å². The van der Waals surface area contributed by atoms with E-state index in [1.807, 2.05) is 0 Å². The molecule has 1 aromatic heterocycles. The summed E-state index contributed by atoms with van der Waals surface area (Å²) >= 11 is 3.61. The van der Waals surface area contributed by atoms with Crippen molar-refractivity contribution in [1.82, 2.24) is 10.3 Å². The highest BCUT2D eigenvalue weighted by atomic mass is 79.9. The zero-order valence-corrected chi connectivity index (χ0v) is 16.1. The Bertz CT molecular complexity index is 1090. The molecule has 4 aromatic rings. The molecule has 26 heavy (non-hydrogen) atoms. The average Bonchev–Trinajstić information content (AvgIpc) is 3.05. The largest absolute Gasteiger partial charge is 0.357 e. The van der Waals surface area contributed by atoms with Gasteiger partial charge in [-0.05, 0) is 59.4 Å². The van der Waals surface area contributed by atoms with Gasteiger partial charge in [-0.1, -0.05) is 58.4 Å². The van der Waals surface area contributed by atoms with Gasteiger partial charge in [-0.25, -0.2) is 0 Å². The number of aromatic nitrogens is 1. The van der Waals surface area contributed by atoms with E-state index in [4.69, 9.17) is 0 Å². The summed E-state index contributed by atoms with van der Waals surface area (Å²) in [6.45, 7) is 0.893. The van der Waals surface area contributed by atoms with E-state index < -0.39 is 0 Å². The monoisotopic (exact) mass is 404 g/mol. The zero-order chi connectivity index (χ0) is 17.5. The normalized spacial score (nSPS) is 16.9. The van der Waals surface area contributed by atoms with Crippen LogP contribution >= 0.6 is 15.9 Å². The number of H-pyrrole nitrogens is 1. The second-order valence-electron chi connectivity index (χ2n) is 7.17. The first-order valence-electron chi connectivity index (χ1n) is 9.29. The van der Waals surface area contributed by atoms with Crippen molar-refractivity contribution >= 4 is 37.6 Å². The van der Waals surface area contributed by atoms with E-state index in [2.05, 4.69) is 86.9 Å². The molecule has 2 nitrogen and oxygen atoms in total. The number of nitrogens with one attached hydrogen (secondary N) is 2. The molecule has 0 saturated heterocycles. The van der Waals surface area contributed by atoms with E-state index in [1.165, 1.54) is 51.3 Å². The van der Waals surface area contributed by atoms with Gasteiger partial charge < -0.3 is 10.3 Å². The quantitative estimate of drug-likeness (QED) is 0.414. The van der Waals surface area contributed by atoms with Crippen molar-refractivity contribution in [2.75, 3.05) is 0 Å². The molecule has 0 unspecified atom stereocenters. The number of rotatable bonds is 3. The second kappa shape index (κ2) is 6.57. The number of aryl methyl sites for hydroxylation is 1. The Kier molecular flexibility index (Phi) is 4.07. The highest BCUT2D eigenvalue weighted by Gasteiger charge is 2.24. The lowest BCUT2D eigenvalue weighted by Crippen LogP contribution is -2.25. The summed E-state index contributed by atoms with van der Waals surface area (Å²) in [4.78, 5) is 3.68. The maximum absolute atomic E-state index is 3.82. The maximum Gasteiger partial charge on any atom is 0.0478 e. The molecule has 0 amide bonds. The smallest absolute Gasteiger partial charge is 0.0478 e. The lowest BCUT2D eigenvalue weighted by atomic mass is 9.91. The molecule has 0 spiro atoms. The Morgan fingerprint density at radius 2 is 1.88 bits per heavy atom. The van der Waals surface area contributed by atoms with Gasteiger partial charge >= 0.3 is 0 Å². The van der Waals surface area contributed by atoms with Gasteiger partial charge in [0.25, 0.3) is 0 Å². The third-order valence-electron chi connectivity index (χ3n) is 5.59. The number of halogens is 1. The highest BCUT2D eigenvalue weighted by molar-refractivity contribution is 9.10. The minimum absolute atomic E-state index is 0.392. The van der Waals surface area contributed by atoms with Crippen molar-refractivity contribution in [3.8, 4) is 0 Å². The molecule has 1 atom stereocenters. The van der Waals surface area contributed by atoms with E-state index >= 15 is 0 Å². The predicted molar refractivity (Wildman–Crippen MR) is 112 cm³/mol. The van der Waals surface area contributed by atoms with Gasteiger partial charge in [0.15, 0.2) is 0 Å². The topological polar surface area (TPSA) is 27.8 Å². The minimum atomic E-state index is 0.392. The van der Waals surface area contributed by atoms with Crippen LogP contribution in [-0.2, 0) is 13.0 Å². The lowest BCUT2D eigenvalue weighted by Gasteiger charge is -2.24. The van der Waals surface area contributed by atoms with E-state index in [-0.39, 0.29) is 0 Å². The standard InChI is InChI=1S/C23H21BrN2/c24-17-11-12-21-20(13-17)19-9-4-10-22(23(19)26-21)25-14-16-7-3-6-15-5-1-2-8-18(15)16/h1-3,5-8,11-13,22,25-26H,4,9-10,14H2/t22-/m1/s1. The van der Waals surface area contributed by atoms with Gasteiger partial charge in [0, 0.05) is 33.7 Å². The highest BCUT2D eigenvalue weighted by Crippen LogP contribution is 2.36. The Hall–Kier alpha value is -2.10. The predicted octanol–water partition coefficient (Wildman–Crippen LogP) is 6.25. The average molecular weight is 405 g/mol. The number of fused-ring (bicyclic) bond motifs is 4. The number of hydrogen-bond acceptors (Lipinski definition) is 1. The van der Waals surface area contributed by atoms with Gasteiger partial charge in [-0.2, -0.15) is 0 Å². The molecule has 3 aromatic carbocycles. The fourth-order valence-electron chi connectivity index (χ4n) is 4.32. The summed E-state index contributed by atoms with van der Waals surface area (Å²) in [6.07, 6.45) is 3.59. The molecule has 3 heteroatoms. The Morgan fingerprint density at radius 3 is 2.85 bits per heavy atom. The van der Waals surface area contributed by atoms with Crippen molar-refractivity contribution in [3.05, 3.63) is 82.0 Å². The first-order chi connectivity index (χ1) is 12.8. The van der Waals surface area contributed by atoms with E-state index in [9.17, 15) is 0 Å². The summed E-state index contributed by atoms with van der Waals surface area (Å²) in [5.41, 5.74) is 5.48. The summed E-state index contributed by atoms with van der Waals surface area (Å²) in [5.74, 6) is 0. The Balaban J connectivity index is 1.46. The van der Waals surface area contributed by atoms with Gasteiger partial charge in [0.1, 0.15) is 0 Å². The molecular weight excluding hydrogens is 384 g/mol. The molecule has 2 N–H and O–H groups in total. The Labute approximate surface area is 161 Å². The summed E-state index contributed by atoms with van der Waals surface area (Å²) in [6, 6.07) is 22.2. The zero-order valence-electron chi connectivity index (χ0n) is 14.6. The van der Waals surface area contributed by atoms with Gasteiger partial charge in [-0.15, -0.1) is 0 Å². The molecule has 0 aliphatic heterocycles. The lowest BCUT2D eigenvalue weighted by molar-refractivity contribution is 0.453. The molecule has 130 valence electrons. The number of benzene rings is 3. The third kappa shape index (κ3) is 2.76. The van der Waals surface area contributed by atoms with Crippen molar-refractivity contribution < 1.29 is 0 Å². The Morgan fingerprint density at radius 1 is 1.00 bits per heavy atom. The third-order valence-corrected chi connectivity index (χ3v) is 6.08. The molecule has 0 saturated carbocycles. The SMILES string of the molecule is Brc1ccc2[nH]c3c(c2c1)CCC[C@H]3NCc1cccc2ccccc12. The van der Waals surface area contributed by atoms with Crippen LogP contribution in [0.4, 0.5) is 0 Å². The van der Waals surface area contributed by atoms with Crippen molar-refractivity contribution in [2.45, 2.75) is 31.8 Å². The van der Waals surface area contributed by atoms with Crippen LogP contribution in [0.25, 0.3) is 21.7 Å². The van der Waals surface area contributed by atoms with Crippen LogP contribution in [0.3, 0.4) is 0 Å². The molecule has 1 heterocycles. The van der Waals surface area contributed by atoms with Crippen molar-refractivity contribution in [1.29, 1.82) is 0 Å². The molecule has 5 rings (SSSR count). The summed E-state index contributed by atoms with van der Waals surface area (Å²) in [5, 5.41) is 7.84. The molecular formula is C23H21BrN2. The van der Waals surface area contributed by atoms with Crippen molar-refractivity contribution in [3.63, 3.8) is 0 Å². The van der Waals surface area contributed by atoms with E-state index in [0.29, 0.717) is 6.04 Å². The first kappa shape index (κ1) is 16.1. The molecule has 1 aliphatic carbocycles. The molecule has 0 fully saturated rings. The van der Waals surface area contributed by atoms with Crippen LogP contribution < -0.4 is 5.32 Å². The van der Waals surface area contributed by atoms with Crippen LogP contribution in [-0.4, -0.2) is 4.98 Å². The number of aromatic amines is 1. The molecule has 0 bridgehead atoms. The van der Waals surface area contributed by atoms with Crippen molar-refractivity contribution in [2.24, 2.45) is 0 Å². The molecule has 1 aliphatic rings. The van der Waals surface area contributed by atoms with E-state index in [0.717, 1.165) is 17.4 Å². The maximum atomic E-state index is 3.82. The van der Waals surface area contributed by atoms with Gasteiger partial charge in [0.2, 0.25) is 0 Å². The number of hydrogen-bond donors (Lipinski definition) is 2. The first-order valence-corrected chi connectivity index (χ1v) is 10.1. The minimum Gasteiger partial charge on any atom is -0.357 e. The van der Waals surface area contributed by atoms with Crippen LogP contribution in [0, 0.1) is 0 Å². The van der Waals surface area contributed by atoms with Gasteiger partial charge in [0.05, 0.1) is 0 Å². The summed E-state index contributed by atoms with van der Waals surface area (Å²) in [7, 11) is 0. The van der Waals surface area contributed by atoms with Crippen LogP contribution in [0.1, 0.15) is 35.7 Å². The fraction of sp³-hybridized carbons (Fsp3) is 0.217. The van der Waals surface area contributed by atoms with Crippen LogP contribution in [0.5, 0.6) is 0 Å². The van der Waals surface area contributed by atoms with Crippen LogP contribution in [0.15, 0.2) is 65.1 Å². The second-order valence-corrected chi connectivity index (χ2v) is 8.09.